The van der Waals surface area contributed by atoms with Crippen molar-refractivity contribution in [1.29, 1.82) is 0 Å². The fraction of sp³-hybridized carbons (Fsp3) is 0.444. The molecule has 2 heterocycles. The van der Waals surface area contributed by atoms with E-state index in [1.165, 1.54) is 0 Å². The molecule has 2 aromatic rings. The normalized spacial score (nSPS) is 12.2. The minimum atomic E-state index is -0.0201. The SMILES string of the molecule is CC(C)(C)c1nnc2cccnn12. The second-order valence-corrected chi connectivity index (χ2v) is 4.07. The molecule has 13 heavy (non-hydrogen) atoms. The number of hydrogen-bond donors (Lipinski definition) is 0. The number of rotatable bonds is 0. The summed E-state index contributed by atoms with van der Waals surface area (Å²) in [7, 11) is 0. The maximum Gasteiger partial charge on any atom is 0.177 e. The summed E-state index contributed by atoms with van der Waals surface area (Å²) in [5.41, 5.74) is 0.778. The molecule has 2 aromatic heterocycles. The maximum atomic E-state index is 4.20. The lowest BCUT2D eigenvalue weighted by Gasteiger charge is -2.14. The van der Waals surface area contributed by atoms with Gasteiger partial charge in [0.15, 0.2) is 11.5 Å². The predicted molar refractivity (Wildman–Crippen MR) is 49.5 cm³/mol. The van der Waals surface area contributed by atoms with Crippen LogP contribution in [0.1, 0.15) is 26.6 Å². The molecule has 0 aliphatic heterocycles. The second-order valence-electron chi connectivity index (χ2n) is 4.07. The third-order valence-corrected chi connectivity index (χ3v) is 1.85. The van der Waals surface area contributed by atoms with E-state index in [0.29, 0.717) is 0 Å². The molecular formula is C9H12N4. The molecule has 0 radical (unpaired) electrons. The summed E-state index contributed by atoms with van der Waals surface area (Å²) >= 11 is 0. The van der Waals surface area contributed by atoms with Gasteiger partial charge in [-0.1, -0.05) is 20.8 Å². The zero-order chi connectivity index (χ0) is 9.47. The molecule has 0 aliphatic rings. The van der Waals surface area contributed by atoms with Crippen LogP contribution in [0.5, 0.6) is 0 Å². The summed E-state index contributed by atoms with van der Waals surface area (Å²) in [6.45, 7) is 6.29. The second kappa shape index (κ2) is 2.52. The van der Waals surface area contributed by atoms with E-state index in [2.05, 4.69) is 36.1 Å². The number of fused-ring (bicyclic) bond motifs is 1. The minimum absolute atomic E-state index is 0.0201. The topological polar surface area (TPSA) is 43.1 Å². The number of aromatic nitrogens is 4. The molecule has 0 N–H and O–H groups in total. The summed E-state index contributed by atoms with van der Waals surface area (Å²) < 4.78 is 1.78. The number of nitrogens with zero attached hydrogens (tertiary/aromatic N) is 4. The first-order chi connectivity index (χ1) is 6.09. The quantitative estimate of drug-likeness (QED) is 0.609. The molecule has 0 saturated carbocycles. The van der Waals surface area contributed by atoms with Gasteiger partial charge in [0.2, 0.25) is 0 Å². The van der Waals surface area contributed by atoms with Crippen molar-refractivity contribution in [3.8, 4) is 0 Å². The van der Waals surface area contributed by atoms with Gasteiger partial charge in [0.05, 0.1) is 0 Å². The Morgan fingerprint density at radius 2 is 2.00 bits per heavy atom. The molecule has 4 heteroatoms. The molecular weight excluding hydrogens is 164 g/mol. The first-order valence-corrected chi connectivity index (χ1v) is 4.26. The van der Waals surface area contributed by atoms with Crippen molar-refractivity contribution < 1.29 is 0 Å². The standard InChI is InChI=1S/C9H12N4/c1-9(2,3)8-12-11-7-5-4-6-10-13(7)8/h4-6H,1-3H3. The fourth-order valence-corrected chi connectivity index (χ4v) is 1.21. The van der Waals surface area contributed by atoms with Gasteiger partial charge < -0.3 is 0 Å². The monoisotopic (exact) mass is 176 g/mol. The Morgan fingerprint density at radius 1 is 1.23 bits per heavy atom. The van der Waals surface area contributed by atoms with Crippen LogP contribution in [0.4, 0.5) is 0 Å². The lowest BCUT2D eigenvalue weighted by Crippen LogP contribution is -2.16. The third-order valence-electron chi connectivity index (χ3n) is 1.85. The van der Waals surface area contributed by atoms with Gasteiger partial charge in [0, 0.05) is 11.6 Å². The number of hydrogen-bond acceptors (Lipinski definition) is 3. The van der Waals surface area contributed by atoms with Crippen molar-refractivity contribution in [3.05, 3.63) is 24.2 Å². The summed E-state index contributed by atoms with van der Waals surface area (Å²) in [6.07, 6.45) is 1.74. The fourth-order valence-electron chi connectivity index (χ4n) is 1.21. The van der Waals surface area contributed by atoms with Crippen LogP contribution in [0, 0.1) is 0 Å². The molecule has 0 aromatic carbocycles. The molecule has 0 bridgehead atoms. The molecule has 0 fully saturated rings. The zero-order valence-electron chi connectivity index (χ0n) is 8.02. The van der Waals surface area contributed by atoms with E-state index < -0.39 is 0 Å². The van der Waals surface area contributed by atoms with Crippen LogP contribution in [0.2, 0.25) is 0 Å². The van der Waals surface area contributed by atoms with Crippen LogP contribution in [-0.4, -0.2) is 19.8 Å². The highest BCUT2D eigenvalue weighted by atomic mass is 15.4. The lowest BCUT2D eigenvalue weighted by molar-refractivity contribution is 0.526. The highest BCUT2D eigenvalue weighted by Gasteiger charge is 2.20. The van der Waals surface area contributed by atoms with Gasteiger partial charge in [-0.3, -0.25) is 0 Å². The van der Waals surface area contributed by atoms with Crippen LogP contribution >= 0.6 is 0 Å². The first kappa shape index (κ1) is 8.16. The molecule has 0 saturated heterocycles. The highest BCUT2D eigenvalue weighted by Crippen LogP contribution is 2.19. The van der Waals surface area contributed by atoms with Crippen LogP contribution < -0.4 is 0 Å². The Labute approximate surface area is 76.6 Å². The molecule has 0 aliphatic carbocycles. The van der Waals surface area contributed by atoms with Gasteiger partial charge in [0.25, 0.3) is 0 Å². The molecule has 4 nitrogen and oxygen atoms in total. The highest BCUT2D eigenvalue weighted by molar-refractivity contribution is 5.35. The van der Waals surface area contributed by atoms with Crippen molar-refractivity contribution >= 4 is 5.65 Å². The molecule has 0 spiro atoms. The largest absolute Gasteiger partial charge is 0.197 e. The molecule has 0 unspecified atom stereocenters. The van der Waals surface area contributed by atoms with E-state index in [1.807, 2.05) is 12.1 Å². The van der Waals surface area contributed by atoms with Gasteiger partial charge in [-0.25, -0.2) is 0 Å². The maximum absolute atomic E-state index is 4.20. The van der Waals surface area contributed by atoms with Crippen molar-refractivity contribution in [3.63, 3.8) is 0 Å². The van der Waals surface area contributed by atoms with Crippen molar-refractivity contribution in [2.45, 2.75) is 26.2 Å². The summed E-state index contributed by atoms with van der Waals surface area (Å²) in [5.74, 6) is 0.892. The molecule has 0 amide bonds. The van der Waals surface area contributed by atoms with Crippen LogP contribution in [0.3, 0.4) is 0 Å². The minimum Gasteiger partial charge on any atom is -0.197 e. The van der Waals surface area contributed by atoms with Gasteiger partial charge in [-0.05, 0) is 12.1 Å². The van der Waals surface area contributed by atoms with E-state index in [9.17, 15) is 0 Å². The predicted octanol–water partition coefficient (Wildman–Crippen LogP) is 1.42. The summed E-state index contributed by atoms with van der Waals surface area (Å²) in [4.78, 5) is 0. The Morgan fingerprint density at radius 3 is 2.69 bits per heavy atom. The van der Waals surface area contributed by atoms with Crippen LogP contribution in [0.25, 0.3) is 5.65 Å². The smallest absolute Gasteiger partial charge is 0.177 e. The molecule has 68 valence electrons. The van der Waals surface area contributed by atoms with E-state index in [1.54, 1.807) is 10.7 Å². The lowest BCUT2D eigenvalue weighted by atomic mass is 9.96. The third kappa shape index (κ3) is 1.28. The van der Waals surface area contributed by atoms with E-state index in [4.69, 9.17) is 0 Å². The average molecular weight is 176 g/mol. The van der Waals surface area contributed by atoms with Gasteiger partial charge in [0.1, 0.15) is 0 Å². The Balaban J connectivity index is 2.72. The van der Waals surface area contributed by atoms with Gasteiger partial charge in [-0.15, -0.1) is 10.2 Å². The molecule has 2 rings (SSSR count). The van der Waals surface area contributed by atoms with Crippen molar-refractivity contribution in [2.75, 3.05) is 0 Å². The summed E-state index contributed by atoms with van der Waals surface area (Å²) in [5, 5.41) is 12.4. The van der Waals surface area contributed by atoms with E-state index in [0.717, 1.165) is 11.5 Å². The zero-order valence-corrected chi connectivity index (χ0v) is 8.02. The Bertz CT molecular complexity index is 424. The van der Waals surface area contributed by atoms with E-state index >= 15 is 0 Å². The summed E-state index contributed by atoms with van der Waals surface area (Å²) in [6, 6.07) is 3.76. The van der Waals surface area contributed by atoms with Crippen molar-refractivity contribution in [2.24, 2.45) is 0 Å². The van der Waals surface area contributed by atoms with Crippen LogP contribution in [-0.2, 0) is 5.41 Å². The Kier molecular flexibility index (Phi) is 1.58. The Hall–Kier alpha value is -1.45. The van der Waals surface area contributed by atoms with E-state index in [-0.39, 0.29) is 5.41 Å². The average Bonchev–Trinajstić information content (AvgIpc) is 2.45. The van der Waals surface area contributed by atoms with Gasteiger partial charge in [-0.2, -0.15) is 9.61 Å². The van der Waals surface area contributed by atoms with Crippen molar-refractivity contribution in [1.82, 2.24) is 19.8 Å². The van der Waals surface area contributed by atoms with Crippen LogP contribution in [0.15, 0.2) is 18.3 Å². The molecule has 0 atom stereocenters. The first-order valence-electron chi connectivity index (χ1n) is 4.26. The van der Waals surface area contributed by atoms with Gasteiger partial charge >= 0.3 is 0 Å².